The van der Waals surface area contributed by atoms with Crippen LogP contribution >= 0.6 is 0 Å². The third-order valence-electron chi connectivity index (χ3n) is 5.54. The van der Waals surface area contributed by atoms with Gasteiger partial charge in [0.1, 0.15) is 6.10 Å². The lowest BCUT2D eigenvalue weighted by Gasteiger charge is -2.19. The van der Waals surface area contributed by atoms with E-state index in [1.54, 1.807) is 12.1 Å². The zero-order valence-corrected chi connectivity index (χ0v) is 23.3. The average molecular weight is 548 g/mol. The molecule has 2 rings (SSSR count). The third-order valence-corrected chi connectivity index (χ3v) is 6.89. The second-order valence-electron chi connectivity index (χ2n) is 9.70. The van der Waals surface area contributed by atoms with Gasteiger partial charge in [0.25, 0.3) is 15.9 Å². The maximum absolute atomic E-state index is 12.7. The molecule has 0 spiro atoms. The number of benzene rings is 1. The van der Waals surface area contributed by atoms with Crippen LogP contribution < -0.4 is 14.8 Å². The van der Waals surface area contributed by atoms with Gasteiger partial charge in [-0.25, -0.2) is 22.9 Å². The van der Waals surface area contributed by atoms with Crippen molar-refractivity contribution in [2.24, 2.45) is 11.8 Å². The standard InChI is InChI=1S/C27H37N3O7S/c1-6-7-23(19(4)5)36-27(33)37-25-13-10-21(17-29-25)26(32)30-38(34,35)22-11-8-20(9-12-22)14-15-28-24(31)16-18(2)3/h8-13,17-19,23H,6-7,14-16H2,1-5H3,(H,28,31)(H,30,32). The first-order valence-electron chi connectivity index (χ1n) is 12.7. The lowest BCUT2D eigenvalue weighted by molar-refractivity contribution is -0.121. The molecule has 2 N–H and O–H groups in total. The van der Waals surface area contributed by atoms with Gasteiger partial charge in [0.15, 0.2) is 0 Å². The van der Waals surface area contributed by atoms with Gasteiger partial charge in [0.2, 0.25) is 11.8 Å². The molecule has 1 aromatic heterocycles. The molecule has 0 saturated heterocycles. The van der Waals surface area contributed by atoms with Crippen LogP contribution in [0.15, 0.2) is 47.5 Å². The summed E-state index contributed by atoms with van der Waals surface area (Å²) in [6.45, 7) is 10.2. The van der Waals surface area contributed by atoms with Crippen LogP contribution in [0.5, 0.6) is 5.88 Å². The molecule has 208 valence electrons. The minimum atomic E-state index is -4.13. The van der Waals surface area contributed by atoms with Crippen LogP contribution in [0.1, 0.15) is 69.8 Å². The third kappa shape index (κ3) is 10.1. The Balaban J connectivity index is 1.92. The Morgan fingerprint density at radius 3 is 2.24 bits per heavy atom. The molecule has 2 aromatic rings. The molecule has 0 radical (unpaired) electrons. The highest BCUT2D eigenvalue weighted by Gasteiger charge is 2.21. The van der Waals surface area contributed by atoms with E-state index in [4.69, 9.17) is 9.47 Å². The van der Waals surface area contributed by atoms with Crippen LogP contribution in [0.2, 0.25) is 0 Å². The van der Waals surface area contributed by atoms with E-state index < -0.39 is 22.1 Å². The van der Waals surface area contributed by atoms with Crippen LogP contribution in [-0.4, -0.2) is 44.0 Å². The van der Waals surface area contributed by atoms with Crippen LogP contribution in [-0.2, 0) is 26.0 Å². The highest BCUT2D eigenvalue weighted by molar-refractivity contribution is 7.90. The molecule has 1 atom stereocenters. The van der Waals surface area contributed by atoms with Gasteiger partial charge in [-0.1, -0.05) is 53.2 Å². The fraction of sp³-hybridized carbons (Fsp3) is 0.481. The van der Waals surface area contributed by atoms with E-state index in [2.05, 4.69) is 10.3 Å². The Labute approximate surface area is 224 Å². The van der Waals surface area contributed by atoms with Crippen molar-refractivity contribution in [3.05, 3.63) is 53.7 Å². The summed E-state index contributed by atoms with van der Waals surface area (Å²) in [5.74, 6) is -0.589. The number of rotatable bonds is 13. The van der Waals surface area contributed by atoms with Crippen molar-refractivity contribution >= 4 is 28.0 Å². The molecule has 0 aliphatic carbocycles. The molecule has 2 amide bonds. The first-order valence-corrected chi connectivity index (χ1v) is 14.2. The Kier molecular flexibility index (Phi) is 11.7. The van der Waals surface area contributed by atoms with Crippen LogP contribution in [0.25, 0.3) is 0 Å². The zero-order valence-electron chi connectivity index (χ0n) is 22.5. The number of hydrogen-bond acceptors (Lipinski definition) is 8. The number of aromatic nitrogens is 1. The van der Waals surface area contributed by atoms with Gasteiger partial charge in [-0.05, 0) is 48.4 Å². The number of sulfonamides is 1. The Morgan fingerprint density at radius 2 is 1.68 bits per heavy atom. The summed E-state index contributed by atoms with van der Waals surface area (Å²) in [6, 6.07) is 8.62. The van der Waals surface area contributed by atoms with Gasteiger partial charge < -0.3 is 14.8 Å². The molecule has 10 nitrogen and oxygen atoms in total. The molecule has 38 heavy (non-hydrogen) atoms. The van der Waals surface area contributed by atoms with E-state index >= 15 is 0 Å². The van der Waals surface area contributed by atoms with Gasteiger partial charge >= 0.3 is 6.16 Å². The first kappa shape index (κ1) is 30.8. The molecule has 0 bridgehead atoms. The minimum absolute atomic E-state index is 0.0253. The highest BCUT2D eigenvalue weighted by Crippen LogP contribution is 2.16. The number of nitrogens with zero attached hydrogens (tertiary/aromatic N) is 1. The summed E-state index contributed by atoms with van der Waals surface area (Å²) in [5, 5.41) is 2.83. The molecule has 0 aliphatic heterocycles. The molecule has 0 fully saturated rings. The second kappa shape index (κ2) is 14.5. The lowest BCUT2D eigenvalue weighted by atomic mass is 10.0. The normalized spacial score (nSPS) is 12.2. The fourth-order valence-corrected chi connectivity index (χ4v) is 4.46. The van der Waals surface area contributed by atoms with E-state index in [9.17, 15) is 22.8 Å². The summed E-state index contributed by atoms with van der Waals surface area (Å²) in [7, 11) is -4.13. The van der Waals surface area contributed by atoms with Gasteiger partial charge in [0, 0.05) is 25.2 Å². The van der Waals surface area contributed by atoms with Crippen molar-refractivity contribution in [2.75, 3.05) is 6.54 Å². The number of hydrogen-bond donors (Lipinski definition) is 2. The maximum atomic E-state index is 12.7. The summed E-state index contributed by atoms with van der Waals surface area (Å²) >= 11 is 0. The van der Waals surface area contributed by atoms with E-state index in [1.165, 1.54) is 24.3 Å². The van der Waals surface area contributed by atoms with Crippen molar-refractivity contribution in [1.29, 1.82) is 0 Å². The van der Waals surface area contributed by atoms with E-state index in [1.807, 2.05) is 39.3 Å². The van der Waals surface area contributed by atoms with Crippen LogP contribution in [0, 0.1) is 11.8 Å². The first-order chi connectivity index (χ1) is 17.9. The number of ether oxygens (including phenoxy) is 2. The number of amides is 2. The van der Waals surface area contributed by atoms with Crippen molar-refractivity contribution < 1.29 is 32.3 Å². The number of carbonyl (C=O) groups is 3. The Bertz CT molecular complexity index is 1180. The maximum Gasteiger partial charge on any atom is 0.515 e. The van der Waals surface area contributed by atoms with E-state index in [0.717, 1.165) is 18.2 Å². The van der Waals surface area contributed by atoms with Gasteiger partial charge in [-0.2, -0.15) is 0 Å². The quantitative estimate of drug-likeness (QED) is 0.355. The molecule has 11 heteroatoms. The molecule has 1 heterocycles. The number of carbonyl (C=O) groups excluding carboxylic acids is 3. The Hall–Kier alpha value is -3.47. The number of nitrogens with one attached hydrogen (secondary N) is 2. The van der Waals surface area contributed by atoms with Crippen molar-refractivity contribution in [3.63, 3.8) is 0 Å². The summed E-state index contributed by atoms with van der Waals surface area (Å²) in [6.07, 6.45) is 2.47. The van der Waals surface area contributed by atoms with Crippen molar-refractivity contribution in [3.8, 4) is 5.88 Å². The van der Waals surface area contributed by atoms with Crippen molar-refractivity contribution in [2.45, 2.75) is 71.3 Å². The van der Waals surface area contributed by atoms with E-state index in [-0.39, 0.29) is 40.2 Å². The monoisotopic (exact) mass is 547 g/mol. The predicted molar refractivity (Wildman–Crippen MR) is 142 cm³/mol. The number of pyridine rings is 1. The summed E-state index contributed by atoms with van der Waals surface area (Å²) in [5.41, 5.74) is 0.807. The summed E-state index contributed by atoms with van der Waals surface area (Å²) in [4.78, 5) is 40.1. The minimum Gasteiger partial charge on any atom is -0.430 e. The SMILES string of the molecule is CCCC(OC(=O)Oc1ccc(C(=O)NS(=O)(=O)c2ccc(CCNC(=O)CC(C)C)cc2)cn1)C(C)C. The molecular weight excluding hydrogens is 510 g/mol. The van der Waals surface area contributed by atoms with Crippen LogP contribution in [0.4, 0.5) is 4.79 Å². The highest BCUT2D eigenvalue weighted by atomic mass is 32.2. The van der Waals surface area contributed by atoms with Gasteiger partial charge in [-0.15, -0.1) is 0 Å². The fourth-order valence-electron chi connectivity index (χ4n) is 3.49. The largest absolute Gasteiger partial charge is 0.515 e. The van der Waals surface area contributed by atoms with Crippen molar-refractivity contribution in [1.82, 2.24) is 15.0 Å². The topological polar surface area (TPSA) is 141 Å². The second-order valence-corrected chi connectivity index (χ2v) is 11.4. The Morgan fingerprint density at radius 1 is 1.00 bits per heavy atom. The molecule has 0 saturated carbocycles. The van der Waals surface area contributed by atoms with Gasteiger partial charge in [-0.3, -0.25) is 9.59 Å². The molecule has 0 aliphatic rings. The lowest BCUT2D eigenvalue weighted by Crippen LogP contribution is -2.30. The molecule has 1 aromatic carbocycles. The zero-order chi connectivity index (χ0) is 28.3. The predicted octanol–water partition coefficient (Wildman–Crippen LogP) is 4.25. The smallest absolute Gasteiger partial charge is 0.430 e. The molecular formula is C27H37N3O7S. The molecule has 1 unspecified atom stereocenters. The summed E-state index contributed by atoms with van der Waals surface area (Å²) < 4.78 is 37.7. The van der Waals surface area contributed by atoms with E-state index in [0.29, 0.717) is 25.8 Å². The van der Waals surface area contributed by atoms with Gasteiger partial charge in [0.05, 0.1) is 10.5 Å². The average Bonchev–Trinajstić information content (AvgIpc) is 2.83. The van der Waals surface area contributed by atoms with Crippen LogP contribution in [0.3, 0.4) is 0 Å².